The van der Waals surface area contributed by atoms with Gasteiger partial charge >= 0.3 is 6.03 Å². The van der Waals surface area contributed by atoms with Crippen LogP contribution in [0, 0.1) is 5.92 Å². The van der Waals surface area contributed by atoms with Gasteiger partial charge in [0, 0.05) is 19.6 Å². The normalized spacial score (nSPS) is 32.8. The van der Waals surface area contributed by atoms with E-state index in [1.165, 1.54) is 32.1 Å². The lowest BCUT2D eigenvalue weighted by Gasteiger charge is -2.31. The van der Waals surface area contributed by atoms with Crippen LogP contribution in [0.2, 0.25) is 0 Å². The van der Waals surface area contributed by atoms with Crippen molar-refractivity contribution in [2.75, 3.05) is 13.6 Å². The highest BCUT2D eigenvalue weighted by atomic mass is 16.2. The van der Waals surface area contributed by atoms with Crippen LogP contribution in [-0.2, 0) is 0 Å². The summed E-state index contributed by atoms with van der Waals surface area (Å²) in [6.07, 6.45) is 6.44. The predicted octanol–water partition coefficient (Wildman–Crippen LogP) is 1.59. The van der Waals surface area contributed by atoms with Crippen LogP contribution in [0.15, 0.2) is 0 Å². The summed E-state index contributed by atoms with van der Waals surface area (Å²) < 4.78 is 0. The van der Waals surface area contributed by atoms with E-state index in [1.54, 1.807) is 7.05 Å². The molecule has 1 heterocycles. The van der Waals surface area contributed by atoms with Crippen molar-refractivity contribution in [3.8, 4) is 0 Å². The first kappa shape index (κ1) is 8.85. The molecule has 1 aliphatic carbocycles. The van der Waals surface area contributed by atoms with Crippen molar-refractivity contribution in [2.45, 2.75) is 38.1 Å². The summed E-state index contributed by atoms with van der Waals surface area (Å²) in [6.45, 7) is 0.967. The number of carbonyl (C=O) groups is 1. The number of urea groups is 1. The van der Waals surface area contributed by atoms with E-state index in [0.717, 1.165) is 12.5 Å². The Morgan fingerprint density at radius 2 is 2.08 bits per heavy atom. The van der Waals surface area contributed by atoms with Crippen LogP contribution in [-0.4, -0.2) is 30.6 Å². The second-order valence-corrected chi connectivity index (χ2v) is 4.15. The van der Waals surface area contributed by atoms with Gasteiger partial charge in [0.25, 0.3) is 0 Å². The smallest absolute Gasteiger partial charge is 0.317 e. The Hall–Kier alpha value is -0.730. The molecule has 13 heavy (non-hydrogen) atoms. The number of fused-ring (bicyclic) bond motifs is 1. The lowest BCUT2D eigenvalue weighted by Crippen LogP contribution is -2.43. The Morgan fingerprint density at radius 3 is 2.85 bits per heavy atom. The lowest BCUT2D eigenvalue weighted by molar-refractivity contribution is 0.172. The van der Waals surface area contributed by atoms with Crippen molar-refractivity contribution in [3.05, 3.63) is 0 Å². The topological polar surface area (TPSA) is 32.3 Å². The average Bonchev–Trinajstić information content (AvgIpc) is 2.60. The molecule has 2 fully saturated rings. The second kappa shape index (κ2) is 3.56. The minimum absolute atomic E-state index is 0.120. The highest BCUT2D eigenvalue weighted by molar-refractivity contribution is 5.74. The molecule has 2 aliphatic rings. The fraction of sp³-hybridized carbons (Fsp3) is 0.900. The lowest BCUT2D eigenvalue weighted by atomic mass is 9.85. The predicted molar refractivity (Wildman–Crippen MR) is 51.5 cm³/mol. The Kier molecular flexibility index (Phi) is 2.42. The summed E-state index contributed by atoms with van der Waals surface area (Å²) in [7, 11) is 1.72. The molecule has 2 amide bonds. The van der Waals surface area contributed by atoms with Gasteiger partial charge in [-0.05, 0) is 25.2 Å². The molecular formula is C10H18N2O. The van der Waals surface area contributed by atoms with E-state index in [4.69, 9.17) is 0 Å². The minimum atomic E-state index is 0.120. The molecule has 1 aliphatic heterocycles. The third-order valence-electron chi connectivity index (χ3n) is 3.48. The molecule has 1 saturated heterocycles. The molecule has 0 aromatic rings. The van der Waals surface area contributed by atoms with E-state index >= 15 is 0 Å². The van der Waals surface area contributed by atoms with Crippen LogP contribution in [0.25, 0.3) is 0 Å². The van der Waals surface area contributed by atoms with Gasteiger partial charge in [-0.2, -0.15) is 0 Å². The highest BCUT2D eigenvalue weighted by Gasteiger charge is 2.37. The van der Waals surface area contributed by atoms with Crippen LogP contribution < -0.4 is 5.32 Å². The Morgan fingerprint density at radius 1 is 1.31 bits per heavy atom. The molecule has 3 heteroatoms. The molecule has 0 radical (unpaired) electrons. The van der Waals surface area contributed by atoms with Gasteiger partial charge in [-0.3, -0.25) is 0 Å². The Bertz CT molecular complexity index is 205. The summed E-state index contributed by atoms with van der Waals surface area (Å²) in [6, 6.07) is 0.670. The van der Waals surface area contributed by atoms with E-state index in [-0.39, 0.29) is 6.03 Å². The number of nitrogens with one attached hydrogen (secondary N) is 1. The minimum Gasteiger partial charge on any atom is -0.341 e. The summed E-state index contributed by atoms with van der Waals surface area (Å²) in [5.41, 5.74) is 0. The van der Waals surface area contributed by atoms with Crippen molar-refractivity contribution in [1.82, 2.24) is 10.2 Å². The molecule has 2 rings (SSSR count). The summed E-state index contributed by atoms with van der Waals surface area (Å²) in [4.78, 5) is 13.5. The summed E-state index contributed by atoms with van der Waals surface area (Å²) in [5.74, 6) is 0.797. The van der Waals surface area contributed by atoms with Gasteiger partial charge in [0.2, 0.25) is 0 Å². The maximum absolute atomic E-state index is 11.5. The molecule has 0 aromatic heterocycles. The number of likely N-dealkylation sites (tertiary alicyclic amines) is 1. The molecule has 1 saturated carbocycles. The molecule has 1 N–H and O–H groups in total. The van der Waals surface area contributed by atoms with E-state index in [1.807, 2.05) is 4.90 Å². The zero-order chi connectivity index (χ0) is 9.26. The van der Waals surface area contributed by atoms with Gasteiger partial charge in [0.15, 0.2) is 0 Å². The van der Waals surface area contributed by atoms with Crippen molar-refractivity contribution in [1.29, 1.82) is 0 Å². The molecule has 3 nitrogen and oxygen atoms in total. The van der Waals surface area contributed by atoms with Crippen LogP contribution >= 0.6 is 0 Å². The van der Waals surface area contributed by atoms with Crippen molar-refractivity contribution >= 4 is 6.03 Å². The molecular weight excluding hydrogens is 164 g/mol. The van der Waals surface area contributed by atoms with Gasteiger partial charge in [0.1, 0.15) is 0 Å². The van der Waals surface area contributed by atoms with Crippen LogP contribution in [0.5, 0.6) is 0 Å². The van der Waals surface area contributed by atoms with E-state index in [0.29, 0.717) is 6.04 Å². The number of carbonyl (C=O) groups excluding carboxylic acids is 1. The fourth-order valence-corrected chi connectivity index (χ4v) is 2.80. The largest absolute Gasteiger partial charge is 0.341 e. The maximum Gasteiger partial charge on any atom is 0.317 e. The third kappa shape index (κ3) is 1.52. The zero-order valence-electron chi connectivity index (χ0n) is 8.25. The van der Waals surface area contributed by atoms with Crippen LogP contribution in [0.3, 0.4) is 0 Å². The first-order valence-electron chi connectivity index (χ1n) is 5.31. The van der Waals surface area contributed by atoms with Crippen LogP contribution in [0.4, 0.5) is 4.79 Å². The van der Waals surface area contributed by atoms with Crippen molar-refractivity contribution in [3.63, 3.8) is 0 Å². The fourth-order valence-electron chi connectivity index (χ4n) is 2.80. The Balaban J connectivity index is 2.02. The van der Waals surface area contributed by atoms with Gasteiger partial charge in [0.05, 0.1) is 0 Å². The summed E-state index contributed by atoms with van der Waals surface area (Å²) in [5, 5.41) is 2.73. The van der Waals surface area contributed by atoms with Gasteiger partial charge < -0.3 is 10.2 Å². The van der Waals surface area contributed by atoms with Gasteiger partial charge in [-0.25, -0.2) is 4.79 Å². The Labute approximate surface area is 79.5 Å². The average molecular weight is 182 g/mol. The quantitative estimate of drug-likeness (QED) is 0.606. The molecule has 0 aromatic carbocycles. The maximum atomic E-state index is 11.5. The van der Waals surface area contributed by atoms with Crippen molar-refractivity contribution in [2.24, 2.45) is 5.92 Å². The number of hydrogen-bond donors (Lipinski definition) is 1. The number of hydrogen-bond acceptors (Lipinski definition) is 1. The summed E-state index contributed by atoms with van der Waals surface area (Å²) >= 11 is 0. The molecule has 74 valence electrons. The molecule has 2 atom stereocenters. The van der Waals surface area contributed by atoms with Gasteiger partial charge in [-0.1, -0.05) is 12.8 Å². The molecule has 0 spiro atoms. The first-order chi connectivity index (χ1) is 6.33. The number of nitrogens with zero attached hydrogens (tertiary/aromatic N) is 1. The standard InChI is InChI=1S/C10H18N2O/c1-11-10(13)12-7-6-8-4-2-3-5-9(8)12/h8-9H,2-7H2,1H3,(H,11,13). The first-order valence-corrected chi connectivity index (χ1v) is 5.31. The van der Waals surface area contributed by atoms with E-state index in [9.17, 15) is 4.79 Å². The van der Waals surface area contributed by atoms with Crippen LogP contribution in [0.1, 0.15) is 32.1 Å². The monoisotopic (exact) mass is 182 g/mol. The van der Waals surface area contributed by atoms with E-state index < -0.39 is 0 Å². The number of amides is 2. The molecule has 2 unspecified atom stereocenters. The zero-order valence-corrected chi connectivity index (χ0v) is 8.25. The second-order valence-electron chi connectivity index (χ2n) is 4.15. The molecule has 0 bridgehead atoms. The number of rotatable bonds is 0. The third-order valence-corrected chi connectivity index (χ3v) is 3.48. The van der Waals surface area contributed by atoms with Crippen molar-refractivity contribution < 1.29 is 4.79 Å². The van der Waals surface area contributed by atoms with E-state index in [2.05, 4.69) is 5.32 Å². The van der Waals surface area contributed by atoms with Gasteiger partial charge in [-0.15, -0.1) is 0 Å². The SMILES string of the molecule is CNC(=O)N1CCC2CCCCC21. The highest BCUT2D eigenvalue weighted by Crippen LogP contribution is 2.35.